The normalized spacial score (nSPS) is 13.1. The zero-order chi connectivity index (χ0) is 29.6. The molecule has 0 bridgehead atoms. The quantitative estimate of drug-likeness (QED) is 0.173. The summed E-state index contributed by atoms with van der Waals surface area (Å²) in [6, 6.07) is 26.3. The van der Waals surface area contributed by atoms with Gasteiger partial charge in [0, 0.05) is 21.4 Å². The maximum Gasteiger partial charge on any atom is 0.303 e. The summed E-state index contributed by atoms with van der Waals surface area (Å²) in [7, 11) is 0. The Morgan fingerprint density at radius 2 is 1.73 bits per heavy atom. The second-order valence-corrected chi connectivity index (χ2v) is 13.5. The van der Waals surface area contributed by atoms with Crippen LogP contribution in [0.3, 0.4) is 0 Å². The van der Waals surface area contributed by atoms with Crippen molar-refractivity contribution in [1.29, 1.82) is 0 Å². The lowest BCUT2D eigenvalue weighted by Gasteiger charge is -2.27. The van der Waals surface area contributed by atoms with Crippen molar-refractivity contribution < 1.29 is 15.0 Å². The summed E-state index contributed by atoms with van der Waals surface area (Å²) < 4.78 is 0. The Labute approximate surface area is 252 Å². The lowest BCUT2D eigenvalue weighted by Crippen LogP contribution is -2.18. The molecule has 0 aliphatic heterocycles. The van der Waals surface area contributed by atoms with E-state index in [-0.39, 0.29) is 17.1 Å². The van der Waals surface area contributed by atoms with Crippen LogP contribution in [0.4, 0.5) is 0 Å². The summed E-state index contributed by atoms with van der Waals surface area (Å²) in [5.41, 5.74) is 4.79. The second-order valence-electron chi connectivity index (χ2n) is 11.9. The molecule has 0 unspecified atom stereocenters. The number of halogens is 1. The van der Waals surface area contributed by atoms with E-state index in [9.17, 15) is 15.0 Å². The fraction of sp³-hybridized carbons (Fsp3) is 0.314. The van der Waals surface area contributed by atoms with E-state index >= 15 is 0 Å². The number of pyridine rings is 1. The number of hydrogen-bond donors (Lipinski definition) is 2. The van der Waals surface area contributed by atoms with Crippen LogP contribution in [-0.2, 0) is 16.1 Å². The minimum Gasteiger partial charge on any atom is -0.481 e. The first-order chi connectivity index (χ1) is 19.4. The minimum atomic E-state index is -0.928. The largest absolute Gasteiger partial charge is 0.481 e. The van der Waals surface area contributed by atoms with E-state index < -0.39 is 11.6 Å². The van der Waals surface area contributed by atoms with Crippen molar-refractivity contribution in [2.45, 2.75) is 63.6 Å². The van der Waals surface area contributed by atoms with Gasteiger partial charge in [-0.15, -0.1) is 11.8 Å². The number of rotatable bonds is 12. The number of benzene rings is 3. The van der Waals surface area contributed by atoms with Crippen LogP contribution in [0.25, 0.3) is 23.1 Å². The number of aromatic nitrogens is 1. The molecule has 0 amide bonds. The predicted octanol–water partition coefficient (Wildman–Crippen LogP) is 9.54. The number of thioether (sulfide) groups is 1. The van der Waals surface area contributed by atoms with E-state index in [2.05, 4.69) is 36.4 Å². The van der Waals surface area contributed by atoms with Crippen LogP contribution in [0.15, 0.2) is 78.9 Å². The van der Waals surface area contributed by atoms with Gasteiger partial charge in [-0.3, -0.25) is 4.79 Å². The Balaban J connectivity index is 1.58. The highest BCUT2D eigenvalue weighted by Gasteiger charge is 2.25. The van der Waals surface area contributed by atoms with E-state index in [1.54, 1.807) is 0 Å². The molecule has 0 aliphatic rings. The van der Waals surface area contributed by atoms with Gasteiger partial charge >= 0.3 is 5.97 Å². The average molecular weight is 588 g/mol. The van der Waals surface area contributed by atoms with Gasteiger partial charge in [0.1, 0.15) is 0 Å². The number of carboxylic acid groups (broad SMARTS) is 1. The molecule has 214 valence electrons. The third-order valence-corrected chi connectivity index (χ3v) is 8.86. The van der Waals surface area contributed by atoms with Crippen molar-refractivity contribution in [1.82, 2.24) is 4.98 Å². The molecular weight excluding hydrogens is 550 g/mol. The fourth-order valence-corrected chi connectivity index (χ4v) is 6.47. The van der Waals surface area contributed by atoms with E-state index in [0.29, 0.717) is 5.02 Å². The summed E-state index contributed by atoms with van der Waals surface area (Å²) in [4.78, 5) is 16.2. The Morgan fingerprint density at radius 3 is 2.49 bits per heavy atom. The highest BCUT2D eigenvalue weighted by atomic mass is 35.5. The van der Waals surface area contributed by atoms with Gasteiger partial charge in [-0.05, 0) is 78.6 Å². The zero-order valence-electron chi connectivity index (χ0n) is 24.1. The first-order valence-electron chi connectivity index (χ1n) is 13.9. The molecule has 0 radical (unpaired) electrons. The number of aliphatic carboxylic acids is 1. The lowest BCUT2D eigenvalue weighted by molar-refractivity contribution is -0.139. The maximum atomic E-state index is 11.4. The molecule has 4 aromatic rings. The van der Waals surface area contributed by atoms with Gasteiger partial charge in [-0.1, -0.05) is 92.2 Å². The van der Waals surface area contributed by atoms with E-state index in [4.69, 9.17) is 16.6 Å². The summed E-state index contributed by atoms with van der Waals surface area (Å²) in [6.07, 6.45) is 5.85. The fourth-order valence-electron chi connectivity index (χ4n) is 5.04. The first-order valence-corrected chi connectivity index (χ1v) is 15.3. The Kier molecular flexibility index (Phi) is 9.96. The van der Waals surface area contributed by atoms with Crippen molar-refractivity contribution in [3.8, 4) is 0 Å². The number of hydrogen-bond acceptors (Lipinski definition) is 4. The Hall–Kier alpha value is -3.12. The van der Waals surface area contributed by atoms with Crippen LogP contribution in [0.2, 0.25) is 5.02 Å². The van der Waals surface area contributed by atoms with E-state index in [0.717, 1.165) is 51.9 Å². The monoisotopic (exact) mass is 587 g/mol. The Bertz CT molecular complexity index is 1540. The molecule has 2 N–H and O–H groups in total. The summed E-state index contributed by atoms with van der Waals surface area (Å²) in [5, 5.41) is 22.0. The van der Waals surface area contributed by atoms with Gasteiger partial charge in [0.15, 0.2) is 0 Å². The van der Waals surface area contributed by atoms with Crippen molar-refractivity contribution in [2.75, 3.05) is 0 Å². The molecule has 1 aromatic heterocycles. The number of carbonyl (C=O) groups is 1. The molecule has 0 spiro atoms. The van der Waals surface area contributed by atoms with Crippen LogP contribution in [0, 0.1) is 5.41 Å². The lowest BCUT2D eigenvalue weighted by atomic mass is 9.83. The van der Waals surface area contributed by atoms with Gasteiger partial charge in [0.05, 0.1) is 23.2 Å². The summed E-state index contributed by atoms with van der Waals surface area (Å²) in [6.45, 7) is 7.68. The van der Waals surface area contributed by atoms with E-state index in [1.165, 1.54) is 5.56 Å². The smallest absolute Gasteiger partial charge is 0.303 e. The second kappa shape index (κ2) is 13.2. The molecule has 3 aromatic carbocycles. The van der Waals surface area contributed by atoms with Crippen LogP contribution in [-0.4, -0.2) is 21.2 Å². The van der Waals surface area contributed by atoms with Crippen molar-refractivity contribution >= 4 is 52.4 Å². The molecule has 6 heteroatoms. The summed E-state index contributed by atoms with van der Waals surface area (Å²) >= 11 is 8.00. The van der Waals surface area contributed by atoms with Crippen LogP contribution < -0.4 is 0 Å². The Morgan fingerprint density at radius 1 is 0.976 bits per heavy atom. The molecule has 0 saturated heterocycles. The van der Waals surface area contributed by atoms with Crippen LogP contribution in [0.1, 0.15) is 80.2 Å². The number of nitrogens with zero attached hydrogens (tertiary/aromatic N) is 1. The molecule has 0 fully saturated rings. The molecule has 0 saturated carbocycles. The van der Waals surface area contributed by atoms with Crippen LogP contribution >= 0.6 is 23.4 Å². The molecule has 4 rings (SSSR count). The van der Waals surface area contributed by atoms with Crippen molar-refractivity contribution in [2.24, 2.45) is 5.41 Å². The highest BCUT2D eigenvalue weighted by molar-refractivity contribution is 7.98. The van der Waals surface area contributed by atoms with Gasteiger partial charge < -0.3 is 10.2 Å². The highest BCUT2D eigenvalue weighted by Crippen LogP contribution is 2.41. The zero-order valence-corrected chi connectivity index (χ0v) is 25.7. The topological polar surface area (TPSA) is 70.4 Å². The molecule has 41 heavy (non-hydrogen) atoms. The van der Waals surface area contributed by atoms with Gasteiger partial charge in [0.2, 0.25) is 0 Å². The van der Waals surface area contributed by atoms with Gasteiger partial charge in [-0.25, -0.2) is 4.98 Å². The SMILES string of the molecule is CC(C)(CC[C@H](SCc1ccccc1C(C)(C)O)c1cccc(/C=C/c2ccc3ccc(Cl)cc3n2)c1)CC(=O)O. The first kappa shape index (κ1) is 30.8. The van der Waals surface area contributed by atoms with Crippen LogP contribution in [0.5, 0.6) is 0 Å². The molecule has 1 atom stereocenters. The predicted molar refractivity (Wildman–Crippen MR) is 173 cm³/mol. The van der Waals surface area contributed by atoms with E-state index in [1.807, 2.05) is 94.1 Å². The maximum absolute atomic E-state index is 11.4. The standard InChI is InChI=1S/C35H38ClNO3S/c1-34(2,22-33(38)39)19-18-32(41-23-27-9-5-6-11-30(27)35(3,4)40)26-10-7-8-24(20-26)12-16-29-17-14-25-13-15-28(36)21-31(25)37-29/h5-17,20-21,32,40H,18-19,22-23H2,1-4H3,(H,38,39)/b16-12+/t32-/m0/s1. The van der Waals surface area contributed by atoms with Crippen molar-refractivity contribution in [3.63, 3.8) is 0 Å². The molecule has 0 aliphatic carbocycles. The average Bonchev–Trinajstić information content (AvgIpc) is 2.90. The van der Waals surface area contributed by atoms with Gasteiger partial charge in [-0.2, -0.15) is 0 Å². The third-order valence-electron chi connectivity index (χ3n) is 7.23. The van der Waals surface area contributed by atoms with Crippen molar-refractivity contribution in [3.05, 3.63) is 112 Å². The summed E-state index contributed by atoms with van der Waals surface area (Å²) in [5.74, 6) is -0.0246. The number of aliphatic hydroxyl groups is 1. The molecule has 4 nitrogen and oxygen atoms in total. The third kappa shape index (κ3) is 8.93. The molecule has 1 heterocycles. The minimum absolute atomic E-state index is 0.138. The molecular formula is C35H38ClNO3S. The number of carboxylic acids is 1. The van der Waals surface area contributed by atoms with Gasteiger partial charge in [0.25, 0.3) is 0 Å². The number of fused-ring (bicyclic) bond motifs is 1.